The summed E-state index contributed by atoms with van der Waals surface area (Å²) in [5, 5.41) is 12.7. The molecule has 5 nitrogen and oxygen atoms in total. The second-order valence-corrected chi connectivity index (χ2v) is 3.84. The lowest BCUT2D eigenvalue weighted by Gasteiger charge is -2.16. The van der Waals surface area contributed by atoms with Crippen molar-refractivity contribution in [3.8, 4) is 5.75 Å². The van der Waals surface area contributed by atoms with Gasteiger partial charge in [0, 0.05) is 27.3 Å². The average molecular weight is 255 g/mol. The molecule has 0 spiro atoms. The highest BCUT2D eigenvalue weighted by molar-refractivity contribution is 5.20. The third-order valence-corrected chi connectivity index (χ3v) is 2.40. The van der Waals surface area contributed by atoms with Crippen LogP contribution in [0.15, 0.2) is 30.3 Å². The van der Waals surface area contributed by atoms with Crippen LogP contribution in [0.25, 0.3) is 0 Å². The van der Waals surface area contributed by atoms with Crippen molar-refractivity contribution in [1.29, 1.82) is 0 Å². The maximum Gasteiger partial charge on any atom is 0.169 e. The van der Waals surface area contributed by atoms with E-state index in [1.54, 1.807) is 14.2 Å². The Labute approximate surface area is 108 Å². The van der Waals surface area contributed by atoms with Crippen LogP contribution in [-0.4, -0.2) is 51.4 Å². The minimum absolute atomic E-state index is 0.252. The Hall–Kier alpha value is -1.14. The molecule has 1 atom stereocenters. The average Bonchev–Trinajstić information content (AvgIpc) is 2.42. The molecule has 0 saturated carbocycles. The molecular formula is C13H21NO4. The summed E-state index contributed by atoms with van der Waals surface area (Å²) in [7, 11) is 3.15. The fourth-order valence-electron chi connectivity index (χ4n) is 1.40. The maximum absolute atomic E-state index is 9.70. The number of hydrogen-bond donors (Lipinski definition) is 2. The molecule has 0 saturated heterocycles. The van der Waals surface area contributed by atoms with Gasteiger partial charge < -0.3 is 24.6 Å². The van der Waals surface area contributed by atoms with Gasteiger partial charge in [0.25, 0.3) is 0 Å². The van der Waals surface area contributed by atoms with Crippen LogP contribution < -0.4 is 10.1 Å². The van der Waals surface area contributed by atoms with Crippen molar-refractivity contribution in [1.82, 2.24) is 5.32 Å². The molecule has 0 bridgehead atoms. The summed E-state index contributed by atoms with van der Waals surface area (Å²) in [4.78, 5) is 0. The second-order valence-electron chi connectivity index (χ2n) is 3.84. The Morgan fingerprint density at radius 1 is 1.11 bits per heavy atom. The Morgan fingerprint density at radius 3 is 2.39 bits per heavy atom. The van der Waals surface area contributed by atoms with Crippen LogP contribution >= 0.6 is 0 Å². The van der Waals surface area contributed by atoms with E-state index in [0.717, 1.165) is 5.75 Å². The highest BCUT2D eigenvalue weighted by atomic mass is 16.7. The van der Waals surface area contributed by atoms with Crippen LogP contribution in [0.5, 0.6) is 5.75 Å². The normalized spacial score (nSPS) is 12.7. The molecule has 5 heteroatoms. The molecule has 2 N–H and O–H groups in total. The molecule has 1 aromatic carbocycles. The van der Waals surface area contributed by atoms with Gasteiger partial charge >= 0.3 is 0 Å². The van der Waals surface area contributed by atoms with E-state index in [0.29, 0.717) is 13.1 Å². The van der Waals surface area contributed by atoms with Crippen LogP contribution in [0.3, 0.4) is 0 Å². The molecule has 1 rings (SSSR count). The van der Waals surface area contributed by atoms with E-state index in [-0.39, 0.29) is 12.9 Å². The molecule has 0 aliphatic heterocycles. The number of hydrogen-bond acceptors (Lipinski definition) is 5. The first kappa shape index (κ1) is 14.9. The molecule has 0 aliphatic carbocycles. The van der Waals surface area contributed by atoms with Crippen molar-refractivity contribution >= 4 is 0 Å². The van der Waals surface area contributed by atoms with Gasteiger partial charge in [-0.15, -0.1) is 0 Å². The third-order valence-electron chi connectivity index (χ3n) is 2.40. The largest absolute Gasteiger partial charge is 0.491 e. The monoisotopic (exact) mass is 255 g/mol. The number of para-hydroxylation sites is 1. The summed E-state index contributed by atoms with van der Waals surface area (Å²) >= 11 is 0. The fraction of sp³-hybridized carbons (Fsp3) is 0.538. The van der Waals surface area contributed by atoms with Gasteiger partial charge in [-0.1, -0.05) is 18.2 Å². The van der Waals surface area contributed by atoms with Gasteiger partial charge in [-0.3, -0.25) is 0 Å². The van der Waals surface area contributed by atoms with Crippen LogP contribution in [0.1, 0.15) is 0 Å². The van der Waals surface area contributed by atoms with Gasteiger partial charge in [0.15, 0.2) is 6.29 Å². The van der Waals surface area contributed by atoms with E-state index in [1.165, 1.54) is 0 Å². The van der Waals surface area contributed by atoms with Crippen LogP contribution in [0.2, 0.25) is 0 Å². The zero-order chi connectivity index (χ0) is 13.2. The molecule has 0 aromatic heterocycles. The number of benzene rings is 1. The molecule has 0 fully saturated rings. The lowest BCUT2D eigenvalue weighted by atomic mass is 10.3. The van der Waals surface area contributed by atoms with E-state index in [1.807, 2.05) is 30.3 Å². The van der Waals surface area contributed by atoms with Crippen LogP contribution in [-0.2, 0) is 9.47 Å². The third kappa shape index (κ3) is 5.97. The number of methoxy groups -OCH3 is 2. The Morgan fingerprint density at radius 2 is 1.78 bits per heavy atom. The fourth-order valence-corrected chi connectivity index (χ4v) is 1.40. The Balaban J connectivity index is 2.12. The summed E-state index contributed by atoms with van der Waals surface area (Å²) in [6.07, 6.45) is -0.869. The molecule has 1 aromatic rings. The van der Waals surface area contributed by atoms with E-state index in [4.69, 9.17) is 14.2 Å². The van der Waals surface area contributed by atoms with E-state index < -0.39 is 6.10 Å². The smallest absolute Gasteiger partial charge is 0.169 e. The van der Waals surface area contributed by atoms with Crippen molar-refractivity contribution < 1.29 is 19.3 Å². The molecule has 18 heavy (non-hydrogen) atoms. The highest BCUT2D eigenvalue weighted by Gasteiger charge is 2.08. The number of rotatable bonds is 9. The number of aliphatic hydroxyl groups excluding tert-OH is 1. The zero-order valence-electron chi connectivity index (χ0n) is 10.8. The van der Waals surface area contributed by atoms with E-state index in [9.17, 15) is 5.11 Å². The van der Waals surface area contributed by atoms with Gasteiger partial charge in [0.05, 0.1) is 0 Å². The SMILES string of the molecule is COC(CNC[C@H](O)COc1ccccc1)OC. The summed E-state index contributed by atoms with van der Waals surface area (Å²) in [5.74, 6) is 0.753. The first-order chi connectivity index (χ1) is 8.76. The van der Waals surface area contributed by atoms with Crippen molar-refractivity contribution in [2.45, 2.75) is 12.4 Å². The topological polar surface area (TPSA) is 60.0 Å². The van der Waals surface area contributed by atoms with Crippen LogP contribution in [0, 0.1) is 0 Å². The highest BCUT2D eigenvalue weighted by Crippen LogP contribution is 2.08. The predicted octanol–water partition coefficient (Wildman–Crippen LogP) is 0.635. The number of nitrogens with one attached hydrogen (secondary N) is 1. The minimum atomic E-state index is -0.570. The molecule has 0 unspecified atom stereocenters. The molecule has 0 aliphatic rings. The predicted molar refractivity (Wildman–Crippen MR) is 68.6 cm³/mol. The van der Waals surface area contributed by atoms with Crippen molar-refractivity contribution in [2.75, 3.05) is 33.9 Å². The van der Waals surface area contributed by atoms with Gasteiger partial charge in [0.1, 0.15) is 18.5 Å². The van der Waals surface area contributed by atoms with Gasteiger partial charge in [-0.05, 0) is 12.1 Å². The molecular weight excluding hydrogens is 234 g/mol. The lowest BCUT2D eigenvalue weighted by Crippen LogP contribution is -2.37. The standard InChI is InChI=1S/C13H21NO4/c1-16-13(17-2)9-14-8-11(15)10-18-12-6-4-3-5-7-12/h3-7,11,13-15H,8-10H2,1-2H3/t11-/m0/s1. The summed E-state index contributed by atoms with van der Waals surface area (Å²) < 4.78 is 15.5. The zero-order valence-corrected chi connectivity index (χ0v) is 10.8. The van der Waals surface area contributed by atoms with Crippen molar-refractivity contribution in [3.63, 3.8) is 0 Å². The maximum atomic E-state index is 9.70. The number of aliphatic hydroxyl groups is 1. The first-order valence-electron chi connectivity index (χ1n) is 5.88. The van der Waals surface area contributed by atoms with Crippen molar-refractivity contribution in [2.24, 2.45) is 0 Å². The molecule has 0 radical (unpaired) electrons. The van der Waals surface area contributed by atoms with Crippen molar-refractivity contribution in [3.05, 3.63) is 30.3 Å². The minimum Gasteiger partial charge on any atom is -0.491 e. The van der Waals surface area contributed by atoms with Gasteiger partial charge in [-0.2, -0.15) is 0 Å². The second kappa shape index (κ2) is 8.88. The van der Waals surface area contributed by atoms with E-state index >= 15 is 0 Å². The molecule has 0 heterocycles. The summed E-state index contributed by atoms with van der Waals surface area (Å²) in [6.45, 7) is 1.20. The van der Waals surface area contributed by atoms with Gasteiger partial charge in [-0.25, -0.2) is 0 Å². The molecule has 0 amide bonds. The number of ether oxygens (including phenoxy) is 3. The molecule has 102 valence electrons. The first-order valence-corrected chi connectivity index (χ1v) is 5.88. The Kier molecular flexibility index (Phi) is 7.36. The summed E-state index contributed by atoms with van der Waals surface area (Å²) in [5.41, 5.74) is 0. The quantitative estimate of drug-likeness (QED) is 0.634. The summed E-state index contributed by atoms with van der Waals surface area (Å²) in [6, 6.07) is 9.40. The van der Waals surface area contributed by atoms with Gasteiger partial charge in [0.2, 0.25) is 0 Å². The van der Waals surface area contributed by atoms with E-state index in [2.05, 4.69) is 5.32 Å². The lowest BCUT2D eigenvalue weighted by molar-refractivity contribution is -0.0995. The Bertz CT molecular complexity index is 303. The van der Waals surface area contributed by atoms with Crippen LogP contribution in [0.4, 0.5) is 0 Å².